The maximum absolute atomic E-state index is 13.0. The van der Waals surface area contributed by atoms with Crippen LogP contribution in [0, 0.1) is 23.7 Å². The van der Waals surface area contributed by atoms with Gasteiger partial charge in [0, 0.05) is 25.7 Å². The molecule has 0 radical (unpaired) electrons. The highest BCUT2D eigenvalue weighted by molar-refractivity contribution is 7.47. The second kappa shape index (κ2) is 61.6. The molecule has 540 valence electrons. The number of hydrogen-bond acceptors (Lipinski definition) is 15. The molecular weight excluding hydrogens is 1200 g/mol. The molecule has 19 heteroatoms. The van der Waals surface area contributed by atoms with E-state index in [1.165, 1.54) is 161 Å². The lowest BCUT2D eigenvalue weighted by Gasteiger charge is -2.21. The van der Waals surface area contributed by atoms with Gasteiger partial charge >= 0.3 is 39.5 Å². The minimum Gasteiger partial charge on any atom is -0.462 e. The standard InChI is InChI=1S/C72H140O17P2/c1-9-65(8)51-43-35-27-22-23-29-37-45-53-70(75)83-59-68(89-72(77)55-47-39-31-21-15-12-18-26-34-42-50-64(6)7)61-87-91(80,81)85-57-66(73)56-84-90(78,79)86-60-67(88-71(76)54-46-38-30-20-14-11-17-25-33-41-49-63(4)5)58-82-69(74)52-44-36-28-19-13-10-16-24-32-40-48-62(2)3/h62-68,73H,9-61H2,1-8H3,(H,78,79)(H,80,81)/t65?,66-,67-,68-/m1/s1. The summed E-state index contributed by atoms with van der Waals surface area (Å²) in [5.74, 6) is 0.914. The Morgan fingerprint density at radius 3 is 0.780 bits per heavy atom. The first kappa shape index (κ1) is 89.1. The van der Waals surface area contributed by atoms with E-state index in [9.17, 15) is 43.2 Å². The quantitative estimate of drug-likeness (QED) is 0.0222. The summed E-state index contributed by atoms with van der Waals surface area (Å²) in [6.45, 7) is 14.1. The van der Waals surface area contributed by atoms with Gasteiger partial charge in [0.15, 0.2) is 12.2 Å². The largest absolute Gasteiger partial charge is 0.472 e. The van der Waals surface area contributed by atoms with Crippen molar-refractivity contribution in [3.05, 3.63) is 0 Å². The fourth-order valence-electron chi connectivity index (χ4n) is 10.8. The number of esters is 4. The summed E-state index contributed by atoms with van der Waals surface area (Å²) in [4.78, 5) is 72.7. The lowest BCUT2D eigenvalue weighted by Crippen LogP contribution is -2.30. The monoisotopic (exact) mass is 1340 g/mol. The lowest BCUT2D eigenvalue weighted by molar-refractivity contribution is -0.161. The van der Waals surface area contributed by atoms with Gasteiger partial charge in [-0.3, -0.25) is 37.3 Å². The van der Waals surface area contributed by atoms with E-state index in [1.54, 1.807) is 0 Å². The van der Waals surface area contributed by atoms with Crippen LogP contribution in [-0.2, 0) is 65.4 Å². The summed E-state index contributed by atoms with van der Waals surface area (Å²) < 4.78 is 68.4. The molecule has 0 heterocycles. The molecule has 91 heavy (non-hydrogen) atoms. The van der Waals surface area contributed by atoms with Crippen LogP contribution in [0.15, 0.2) is 0 Å². The first-order chi connectivity index (χ1) is 43.6. The average molecular weight is 1340 g/mol. The summed E-state index contributed by atoms with van der Waals surface area (Å²) in [5, 5.41) is 10.6. The smallest absolute Gasteiger partial charge is 0.462 e. The molecule has 0 aliphatic rings. The molecule has 6 atom stereocenters. The Morgan fingerprint density at radius 2 is 0.527 bits per heavy atom. The van der Waals surface area contributed by atoms with Crippen molar-refractivity contribution >= 4 is 39.5 Å². The molecule has 0 aromatic rings. The van der Waals surface area contributed by atoms with Gasteiger partial charge in [0.1, 0.15) is 19.3 Å². The molecule has 17 nitrogen and oxygen atoms in total. The fraction of sp³-hybridized carbons (Fsp3) is 0.944. The zero-order valence-electron chi connectivity index (χ0n) is 59.5. The molecule has 3 N–H and O–H groups in total. The number of rotatable bonds is 69. The van der Waals surface area contributed by atoms with E-state index in [1.807, 2.05) is 0 Å². The van der Waals surface area contributed by atoms with Gasteiger partial charge in [-0.05, 0) is 49.4 Å². The SMILES string of the molecule is CCC(C)CCCCCCCCCCC(=O)OC[C@H](COP(=O)(O)OC[C@H](O)COP(=O)(O)OC[C@@H](COC(=O)CCCCCCCCCCCCC(C)C)OC(=O)CCCCCCCCCCCCC(C)C)OC(=O)CCCCCCCCCCCCC(C)C. The summed E-state index contributed by atoms with van der Waals surface area (Å²) in [7, 11) is -9.91. The Morgan fingerprint density at radius 1 is 0.308 bits per heavy atom. The highest BCUT2D eigenvalue weighted by atomic mass is 31.2. The minimum atomic E-state index is -4.95. The molecule has 0 amide bonds. The van der Waals surface area contributed by atoms with E-state index in [-0.39, 0.29) is 25.7 Å². The molecule has 0 aromatic heterocycles. The van der Waals surface area contributed by atoms with Gasteiger partial charge in [-0.2, -0.15) is 0 Å². The molecule has 0 fully saturated rings. The Labute approximate surface area is 556 Å². The number of unbranched alkanes of at least 4 members (excludes halogenated alkanes) is 34. The van der Waals surface area contributed by atoms with E-state index in [4.69, 9.17) is 37.0 Å². The highest BCUT2D eigenvalue weighted by Gasteiger charge is 2.30. The highest BCUT2D eigenvalue weighted by Crippen LogP contribution is 2.45. The van der Waals surface area contributed by atoms with Gasteiger partial charge in [-0.25, -0.2) is 9.13 Å². The molecule has 0 saturated heterocycles. The second-order valence-electron chi connectivity index (χ2n) is 27.6. The van der Waals surface area contributed by atoms with Crippen LogP contribution in [0.1, 0.15) is 357 Å². The van der Waals surface area contributed by atoms with Crippen LogP contribution >= 0.6 is 15.6 Å². The Bertz CT molecular complexity index is 1800. The number of phosphoric ester groups is 2. The number of carbonyl (C=O) groups excluding carboxylic acids is 4. The van der Waals surface area contributed by atoms with Crippen molar-refractivity contribution in [2.75, 3.05) is 39.6 Å². The summed E-state index contributed by atoms with van der Waals surface area (Å²) in [6, 6.07) is 0. The molecule has 0 spiro atoms. The molecule has 0 rings (SSSR count). The van der Waals surface area contributed by atoms with Gasteiger partial charge in [0.2, 0.25) is 0 Å². The minimum absolute atomic E-state index is 0.105. The van der Waals surface area contributed by atoms with Crippen molar-refractivity contribution in [3.8, 4) is 0 Å². The Kier molecular flexibility index (Phi) is 60.3. The summed E-state index contributed by atoms with van der Waals surface area (Å²) in [5.41, 5.74) is 0. The molecular formula is C72H140O17P2. The first-order valence-electron chi connectivity index (χ1n) is 37.2. The van der Waals surface area contributed by atoms with Gasteiger partial charge in [0.25, 0.3) is 0 Å². The van der Waals surface area contributed by atoms with E-state index >= 15 is 0 Å². The number of ether oxygens (including phenoxy) is 4. The van der Waals surface area contributed by atoms with Crippen LogP contribution < -0.4 is 0 Å². The van der Waals surface area contributed by atoms with Crippen LogP contribution in [-0.4, -0.2) is 96.7 Å². The van der Waals surface area contributed by atoms with Crippen molar-refractivity contribution in [2.45, 2.75) is 375 Å². The molecule has 0 aliphatic heterocycles. The fourth-order valence-corrected chi connectivity index (χ4v) is 12.4. The number of aliphatic hydroxyl groups is 1. The molecule has 0 aliphatic carbocycles. The van der Waals surface area contributed by atoms with Gasteiger partial charge < -0.3 is 33.8 Å². The Balaban J connectivity index is 5.28. The van der Waals surface area contributed by atoms with Crippen LogP contribution in [0.3, 0.4) is 0 Å². The third-order valence-electron chi connectivity index (χ3n) is 16.9. The topological polar surface area (TPSA) is 237 Å². The van der Waals surface area contributed by atoms with Gasteiger partial charge in [-0.1, -0.05) is 306 Å². The normalized spacial score (nSPS) is 14.5. The third-order valence-corrected chi connectivity index (χ3v) is 18.8. The zero-order valence-corrected chi connectivity index (χ0v) is 61.3. The van der Waals surface area contributed by atoms with Crippen molar-refractivity contribution in [2.24, 2.45) is 23.7 Å². The zero-order chi connectivity index (χ0) is 67.5. The molecule has 0 bridgehead atoms. The summed E-state index contributed by atoms with van der Waals surface area (Å²) in [6.07, 6.45) is 44.3. The molecule has 3 unspecified atom stereocenters. The van der Waals surface area contributed by atoms with Gasteiger partial charge in [-0.15, -0.1) is 0 Å². The number of aliphatic hydroxyl groups excluding tert-OH is 1. The first-order valence-corrected chi connectivity index (χ1v) is 40.2. The molecule has 0 aromatic carbocycles. The van der Waals surface area contributed by atoms with E-state index in [0.29, 0.717) is 25.7 Å². The predicted molar refractivity (Wildman–Crippen MR) is 367 cm³/mol. The van der Waals surface area contributed by atoms with Crippen molar-refractivity contribution < 1.29 is 80.2 Å². The van der Waals surface area contributed by atoms with Crippen molar-refractivity contribution in [3.63, 3.8) is 0 Å². The molecule has 0 saturated carbocycles. The van der Waals surface area contributed by atoms with Crippen LogP contribution in [0.2, 0.25) is 0 Å². The van der Waals surface area contributed by atoms with Gasteiger partial charge in [0.05, 0.1) is 26.4 Å². The van der Waals surface area contributed by atoms with Crippen LogP contribution in [0.5, 0.6) is 0 Å². The Hall–Kier alpha value is -1.94. The third kappa shape index (κ3) is 65.1. The van der Waals surface area contributed by atoms with Crippen molar-refractivity contribution in [1.82, 2.24) is 0 Å². The summed E-state index contributed by atoms with van der Waals surface area (Å²) >= 11 is 0. The second-order valence-corrected chi connectivity index (χ2v) is 30.6. The predicted octanol–water partition coefficient (Wildman–Crippen LogP) is 20.5. The van der Waals surface area contributed by atoms with E-state index < -0.39 is 97.5 Å². The average Bonchev–Trinajstić information content (AvgIpc) is 3.60. The number of hydrogen-bond donors (Lipinski definition) is 3. The maximum atomic E-state index is 13.0. The number of carbonyl (C=O) groups is 4. The lowest BCUT2D eigenvalue weighted by atomic mass is 9.99. The number of phosphoric acid groups is 2. The van der Waals surface area contributed by atoms with E-state index in [2.05, 4.69) is 55.4 Å². The van der Waals surface area contributed by atoms with Crippen LogP contribution in [0.4, 0.5) is 0 Å². The van der Waals surface area contributed by atoms with Crippen molar-refractivity contribution in [1.29, 1.82) is 0 Å². The van der Waals surface area contributed by atoms with E-state index in [0.717, 1.165) is 114 Å². The van der Waals surface area contributed by atoms with Crippen LogP contribution in [0.25, 0.3) is 0 Å². The maximum Gasteiger partial charge on any atom is 0.472 e.